The number of hydrogen-bond acceptors (Lipinski definition) is 0. The van der Waals surface area contributed by atoms with Crippen LogP contribution in [0.3, 0.4) is 0 Å². The lowest BCUT2D eigenvalue weighted by atomic mass is 11.0. The van der Waals surface area contributed by atoms with Gasteiger partial charge in [0.2, 0.25) is 0 Å². The van der Waals surface area contributed by atoms with Crippen LogP contribution in [-0.2, 0) is 0 Å². The smallest absolute Gasteiger partial charge is 0.0683 e. The Kier molecular flexibility index (Phi) is 0. The van der Waals surface area contributed by atoms with Gasteiger partial charge in [0.25, 0.3) is 0 Å². The molecule has 0 rings (SSSR count). The molecular weight excluding hydrogens is 1180 g/mol. The van der Waals surface area contributed by atoms with E-state index < -0.39 is 0 Å². The molecule has 0 aliphatic rings. The second-order valence-corrected chi connectivity index (χ2v) is 0. The first-order valence-corrected chi connectivity index (χ1v) is 49.0. The van der Waals surface area contributed by atoms with Gasteiger partial charge in [-0.25, -0.2) is 0 Å². The minimum absolute atomic E-state index is 2.00. The molecule has 0 aromatic heterocycles. The summed E-state index contributed by atoms with van der Waals surface area (Å²) < 4.78 is 0. The second-order valence-electron chi connectivity index (χ2n) is 0. The number of hydrogen-bond donors (Lipinski definition) is 0. The van der Waals surface area contributed by atoms with Gasteiger partial charge in [-0.3, -0.25) is 0 Å². The first-order chi connectivity index (χ1) is 49.0. The van der Waals surface area contributed by atoms with Crippen molar-refractivity contribution >= 4 is 0 Å². The van der Waals surface area contributed by atoms with E-state index in [9.17, 15) is 0 Å². The lowest BCUT2D eigenvalue weighted by Crippen LogP contribution is -0.856. The van der Waals surface area contributed by atoms with Gasteiger partial charge in [0.1, 0.15) is 0 Å². The molecule has 0 unspecified atom stereocenters. The van der Waals surface area contributed by atoms with Gasteiger partial charge in [-0.1, -0.05) is 679 Å². The van der Waals surface area contributed by atoms with Crippen LogP contribution in [-0.4, -0.2) is 0 Å². The molecule has 0 spiro atoms. The van der Waals surface area contributed by atoms with Crippen molar-refractivity contribution < 1.29 is 0 Å². The molecule has 0 aromatic rings. The average Bonchev–Trinajstić information content (AvgIpc) is 3.85. The molecule has 0 saturated carbocycles. The van der Waals surface area contributed by atoms with E-state index in [1.807, 2.05) is 679 Å². The largest absolute Gasteiger partial charge is 0.0683 e. The molecule has 0 heteroatoms. The topological polar surface area (TPSA) is 0 Å². The van der Waals surface area contributed by atoms with Crippen LogP contribution in [0.15, 0.2) is 0 Å². The van der Waals surface area contributed by atoms with E-state index in [0.29, 0.717) is 0 Å². The van der Waals surface area contributed by atoms with Crippen molar-refractivity contribution in [2.24, 2.45) is 0 Å². The Labute approximate surface area is 674 Å². The van der Waals surface area contributed by atoms with E-state index in [4.69, 9.17) is 0 Å². The Hall–Kier alpha value is 0. The summed E-state index contributed by atoms with van der Waals surface area (Å²) in [7, 11) is 0. The molecule has 0 fully saturated rings. The highest BCUT2D eigenvalue weighted by Crippen LogP contribution is 1.24. The van der Waals surface area contributed by atoms with Gasteiger partial charge in [0.15, 0.2) is 0 Å². The SMILES string of the molecule is CC.CC.CC.CC.CC.CC.CC.CC.CC.CC.CC.CC.CC.CC.CC.CC.CC.CC.CC.CC.CC.CC.CC.CC.CC.CC.CC.CC.CC.CC.CC.CC.CC.CC.CC.CC.CC.CC.CC.CC.CC.CC.CC.CC.CC.CC.CC.CC.CC. The summed E-state index contributed by atoms with van der Waals surface area (Å²) in [6.07, 6.45) is 0. The fourth-order valence-corrected chi connectivity index (χ4v) is 0. The minimum atomic E-state index is 2.00. The zero-order chi connectivity index (χ0) is 98.0. The van der Waals surface area contributed by atoms with Gasteiger partial charge in [-0.05, 0) is 0 Å². The molecule has 0 amide bonds. The molecule has 0 nitrogen and oxygen atoms in total. The third kappa shape index (κ3) is 0. The normalized spacial score (nSPS) is 3.00. The maximum atomic E-state index is 2.00. The van der Waals surface area contributed by atoms with Crippen molar-refractivity contribution in [1.29, 1.82) is 0 Å². The van der Waals surface area contributed by atoms with Gasteiger partial charge >= 0.3 is 0 Å². The fraction of sp³-hybridized carbons (Fsp3) is 1.00. The Morgan fingerprint density at radius 3 is 0.0204 bits per heavy atom. The van der Waals surface area contributed by atoms with Crippen LogP contribution < -0.4 is 0 Å². The Morgan fingerprint density at radius 2 is 0.0204 bits per heavy atom. The van der Waals surface area contributed by atoms with Gasteiger partial charge in [0, 0.05) is 0 Å². The highest BCUT2D eigenvalue weighted by atomic mass is 13.1. The minimum Gasteiger partial charge on any atom is -0.0683 e. The van der Waals surface area contributed by atoms with Crippen molar-refractivity contribution in [3.63, 3.8) is 0 Å². The molecule has 0 N–H and O–H groups in total. The molecule has 0 atom stereocenters. The molecule has 0 aliphatic heterocycles. The van der Waals surface area contributed by atoms with Crippen molar-refractivity contribution in [3.05, 3.63) is 0 Å². The van der Waals surface area contributed by atoms with Crippen LogP contribution in [0.2, 0.25) is 0 Å². The van der Waals surface area contributed by atoms with Crippen LogP contribution in [0.4, 0.5) is 0 Å². The van der Waals surface area contributed by atoms with Crippen molar-refractivity contribution in [3.8, 4) is 0 Å². The van der Waals surface area contributed by atoms with Gasteiger partial charge in [0.05, 0.1) is 0 Å². The maximum Gasteiger partial charge on any atom is -0.0683 e. The first-order valence-electron chi connectivity index (χ1n) is 49.0. The molecule has 686 valence electrons. The predicted octanol–water partition coefficient (Wildman–Crippen LogP) is 50.3. The molecule has 0 aliphatic carbocycles. The van der Waals surface area contributed by atoms with Gasteiger partial charge < -0.3 is 0 Å². The lowest BCUT2D eigenvalue weighted by molar-refractivity contribution is 1.50. The summed E-state index contributed by atoms with van der Waals surface area (Å²) in [5.41, 5.74) is 0. The lowest BCUT2D eigenvalue weighted by Gasteiger charge is -1.07. The summed E-state index contributed by atoms with van der Waals surface area (Å²) >= 11 is 0. The zero-order valence-corrected chi connectivity index (χ0v) is 98.0. The highest BCUT2D eigenvalue weighted by molar-refractivity contribution is 3.60. The van der Waals surface area contributed by atoms with Crippen molar-refractivity contribution in [1.82, 2.24) is 0 Å². The van der Waals surface area contributed by atoms with E-state index in [1.54, 1.807) is 0 Å². The van der Waals surface area contributed by atoms with Gasteiger partial charge in [-0.2, -0.15) is 0 Å². The summed E-state index contributed by atoms with van der Waals surface area (Å²) in [4.78, 5) is 0. The Bertz CT molecular complexity index is 0. The summed E-state index contributed by atoms with van der Waals surface area (Å²) in [5.74, 6) is 0. The molecule has 0 heterocycles. The quantitative estimate of drug-likeness (QED) is 0.227. The van der Waals surface area contributed by atoms with Crippen LogP contribution in [0.5, 0.6) is 0 Å². The molecule has 0 radical (unpaired) electrons. The number of rotatable bonds is 0. The standard InChI is InChI=1S/49C2H6/c49*1-2/h49*1-2H3. The maximum absolute atomic E-state index is 2.00. The van der Waals surface area contributed by atoms with E-state index in [0.717, 1.165) is 0 Å². The van der Waals surface area contributed by atoms with E-state index in [1.165, 1.54) is 0 Å². The highest BCUT2D eigenvalue weighted by Gasteiger charge is 1.03. The van der Waals surface area contributed by atoms with E-state index in [-0.39, 0.29) is 0 Å². The predicted molar refractivity (Wildman–Crippen MR) is 556 cm³/mol. The molecule has 98 heavy (non-hydrogen) atoms. The molecule has 0 saturated heterocycles. The average molecular weight is 1470 g/mol. The zero-order valence-electron chi connectivity index (χ0n) is 98.0. The fourth-order valence-electron chi connectivity index (χ4n) is 0. The Balaban J connectivity index is -0.00000000532. The summed E-state index contributed by atoms with van der Waals surface area (Å²) in [6, 6.07) is 0. The molecule has 0 bridgehead atoms. The summed E-state index contributed by atoms with van der Waals surface area (Å²) in [6.45, 7) is 196. The van der Waals surface area contributed by atoms with Crippen LogP contribution >= 0.6 is 0 Å². The van der Waals surface area contributed by atoms with E-state index in [2.05, 4.69) is 0 Å². The Morgan fingerprint density at radius 1 is 0.0204 bits per heavy atom. The third-order valence-corrected chi connectivity index (χ3v) is 0. The monoisotopic (exact) mass is 1470 g/mol. The van der Waals surface area contributed by atoms with E-state index >= 15 is 0 Å². The molecule has 0 aromatic carbocycles. The first kappa shape index (κ1) is 384. The molecular formula is C98H294. The third-order valence-electron chi connectivity index (χ3n) is 0. The van der Waals surface area contributed by atoms with Crippen LogP contribution in [0.1, 0.15) is 679 Å². The van der Waals surface area contributed by atoms with Crippen LogP contribution in [0, 0.1) is 0 Å². The van der Waals surface area contributed by atoms with Crippen molar-refractivity contribution in [2.75, 3.05) is 0 Å². The van der Waals surface area contributed by atoms with Gasteiger partial charge in [-0.15, -0.1) is 0 Å². The van der Waals surface area contributed by atoms with Crippen molar-refractivity contribution in [2.45, 2.75) is 679 Å². The second kappa shape index (κ2) is 0. The summed E-state index contributed by atoms with van der Waals surface area (Å²) in [5, 5.41) is 0. The van der Waals surface area contributed by atoms with Crippen LogP contribution in [0.25, 0.3) is 0 Å².